The molecule has 0 aliphatic carbocycles. The third-order valence-electron chi connectivity index (χ3n) is 4.35. The summed E-state index contributed by atoms with van der Waals surface area (Å²) in [5, 5.41) is 8.98. The number of nitrogens with zero attached hydrogens (tertiary/aromatic N) is 3. The topological polar surface area (TPSA) is 102 Å². The molecule has 162 valence electrons. The van der Waals surface area contributed by atoms with E-state index in [-0.39, 0.29) is 43.7 Å². The smallest absolute Gasteiger partial charge is 0.405 e. The third-order valence-corrected chi connectivity index (χ3v) is 6.80. The number of hydrogen-bond acceptors (Lipinski definition) is 6. The Morgan fingerprint density at radius 1 is 1.26 bits per heavy atom. The Hall–Kier alpha value is -2.91. The summed E-state index contributed by atoms with van der Waals surface area (Å²) in [6.45, 7) is 1.21. The summed E-state index contributed by atoms with van der Waals surface area (Å²) < 4.78 is 67.6. The van der Waals surface area contributed by atoms with E-state index in [1.807, 2.05) is 6.07 Å². The lowest BCUT2D eigenvalue weighted by molar-refractivity contribution is -0.274. The largest absolute Gasteiger partial charge is 0.573 e. The van der Waals surface area contributed by atoms with Gasteiger partial charge >= 0.3 is 6.36 Å². The normalized spacial score (nSPS) is 12.0. The molecule has 0 saturated heterocycles. The van der Waals surface area contributed by atoms with Gasteiger partial charge in [0.15, 0.2) is 9.84 Å². The number of halogens is 4. The number of fused-ring (bicyclic) bond motifs is 1. The van der Waals surface area contributed by atoms with Gasteiger partial charge in [-0.05, 0) is 51.8 Å². The van der Waals surface area contributed by atoms with E-state index in [1.54, 1.807) is 0 Å². The molecule has 3 rings (SSSR count). The highest BCUT2D eigenvalue weighted by Gasteiger charge is 2.32. The maximum absolute atomic E-state index is 12.9. The molecule has 0 aliphatic heterocycles. The molecule has 0 amide bonds. The SMILES string of the molecule is CCS(=O)(=O)c1ccc(C#N)cc1Cn1cnc2cc(Br)c(OC(F)(F)F)cc2c1=O. The van der Waals surface area contributed by atoms with Gasteiger partial charge in [-0.1, -0.05) is 6.92 Å². The number of alkyl halides is 3. The number of benzene rings is 2. The van der Waals surface area contributed by atoms with Gasteiger partial charge in [0.1, 0.15) is 5.75 Å². The lowest BCUT2D eigenvalue weighted by atomic mass is 10.1. The molecule has 12 heteroatoms. The van der Waals surface area contributed by atoms with Gasteiger partial charge in [0.25, 0.3) is 5.56 Å². The van der Waals surface area contributed by atoms with Gasteiger partial charge in [-0.15, -0.1) is 13.2 Å². The highest BCUT2D eigenvalue weighted by atomic mass is 79.9. The fraction of sp³-hybridized carbons (Fsp3) is 0.211. The Kier molecular flexibility index (Phi) is 6.11. The number of aromatic nitrogens is 2. The summed E-state index contributed by atoms with van der Waals surface area (Å²) >= 11 is 2.95. The highest BCUT2D eigenvalue weighted by Crippen LogP contribution is 2.32. The van der Waals surface area contributed by atoms with Crippen LogP contribution in [0.3, 0.4) is 0 Å². The van der Waals surface area contributed by atoms with Crippen molar-refractivity contribution in [3.05, 3.63) is 62.6 Å². The zero-order valence-electron chi connectivity index (χ0n) is 15.8. The summed E-state index contributed by atoms with van der Waals surface area (Å²) in [6, 6.07) is 8.02. The van der Waals surface area contributed by atoms with Crippen molar-refractivity contribution in [3.8, 4) is 11.8 Å². The van der Waals surface area contributed by atoms with Crippen molar-refractivity contribution in [1.82, 2.24) is 9.55 Å². The predicted molar refractivity (Wildman–Crippen MR) is 108 cm³/mol. The van der Waals surface area contributed by atoms with Crippen molar-refractivity contribution >= 4 is 36.7 Å². The molecule has 0 radical (unpaired) electrons. The molecule has 0 spiro atoms. The molecule has 0 aliphatic rings. The molecule has 31 heavy (non-hydrogen) atoms. The molecule has 0 unspecified atom stereocenters. The van der Waals surface area contributed by atoms with E-state index in [0.717, 1.165) is 17.0 Å². The van der Waals surface area contributed by atoms with E-state index in [4.69, 9.17) is 5.26 Å². The summed E-state index contributed by atoms with van der Waals surface area (Å²) in [6.07, 6.45) is -3.80. The van der Waals surface area contributed by atoms with E-state index in [1.165, 1.54) is 31.2 Å². The molecule has 3 aromatic rings. The van der Waals surface area contributed by atoms with Crippen molar-refractivity contribution in [2.24, 2.45) is 0 Å². The van der Waals surface area contributed by atoms with Crippen LogP contribution in [0.1, 0.15) is 18.1 Å². The molecule has 0 bridgehead atoms. The minimum atomic E-state index is -4.96. The number of rotatable bonds is 5. The first-order chi connectivity index (χ1) is 14.4. The lowest BCUT2D eigenvalue weighted by Crippen LogP contribution is -2.23. The first-order valence-electron chi connectivity index (χ1n) is 8.65. The molecule has 0 fully saturated rings. The van der Waals surface area contributed by atoms with Crippen LogP contribution in [-0.2, 0) is 16.4 Å². The van der Waals surface area contributed by atoms with E-state index >= 15 is 0 Å². The standard InChI is InChI=1S/C19H13BrF3N3O4S/c1-2-31(28,29)17-4-3-11(8-24)5-12(17)9-26-10-25-15-7-14(20)16(30-19(21,22)23)6-13(15)18(26)27/h3-7,10H,2,9H2,1H3. The van der Waals surface area contributed by atoms with Gasteiger partial charge in [-0.25, -0.2) is 13.4 Å². The van der Waals surface area contributed by atoms with Crippen molar-refractivity contribution in [2.75, 3.05) is 5.75 Å². The first-order valence-corrected chi connectivity index (χ1v) is 11.1. The average molecular weight is 516 g/mol. The van der Waals surface area contributed by atoms with Gasteiger partial charge in [0.05, 0.1) is 50.5 Å². The third kappa shape index (κ3) is 4.88. The Bertz CT molecular complexity index is 1380. The summed E-state index contributed by atoms with van der Waals surface area (Å²) in [4.78, 5) is 16.9. The fourth-order valence-corrected chi connectivity index (χ4v) is 4.41. The van der Waals surface area contributed by atoms with Crippen molar-refractivity contribution < 1.29 is 26.3 Å². The predicted octanol–water partition coefficient (Wildman–Crippen LogP) is 3.77. The zero-order valence-corrected chi connectivity index (χ0v) is 18.2. The maximum Gasteiger partial charge on any atom is 0.573 e. The van der Waals surface area contributed by atoms with Crippen LogP contribution in [0.25, 0.3) is 10.9 Å². The second kappa shape index (κ2) is 8.32. The summed E-state index contributed by atoms with van der Waals surface area (Å²) in [7, 11) is -3.66. The van der Waals surface area contributed by atoms with E-state index in [2.05, 4.69) is 25.7 Å². The molecule has 0 atom stereocenters. The molecular weight excluding hydrogens is 503 g/mol. The number of hydrogen-bond donors (Lipinski definition) is 0. The molecule has 1 aromatic heterocycles. The van der Waals surface area contributed by atoms with Crippen LogP contribution in [0.15, 0.2) is 50.8 Å². The Labute approximate surface area is 182 Å². The molecule has 0 N–H and O–H groups in total. The first kappa shape index (κ1) is 22.8. The minimum absolute atomic E-state index is 0.0416. The lowest BCUT2D eigenvalue weighted by Gasteiger charge is -2.14. The summed E-state index contributed by atoms with van der Waals surface area (Å²) in [5.74, 6) is -0.805. The van der Waals surface area contributed by atoms with E-state index in [9.17, 15) is 26.4 Å². The fourth-order valence-electron chi connectivity index (χ4n) is 2.89. The summed E-state index contributed by atoms with van der Waals surface area (Å²) in [5.41, 5.74) is -0.203. The highest BCUT2D eigenvalue weighted by molar-refractivity contribution is 9.10. The molecular formula is C19H13BrF3N3O4S. The van der Waals surface area contributed by atoms with Gasteiger partial charge in [0, 0.05) is 0 Å². The van der Waals surface area contributed by atoms with Gasteiger partial charge < -0.3 is 4.74 Å². The number of nitriles is 1. The van der Waals surface area contributed by atoms with Gasteiger partial charge in [-0.2, -0.15) is 5.26 Å². The Balaban J connectivity index is 2.15. The van der Waals surface area contributed by atoms with Crippen molar-refractivity contribution in [3.63, 3.8) is 0 Å². The van der Waals surface area contributed by atoms with Crippen molar-refractivity contribution in [1.29, 1.82) is 5.26 Å². The quantitative estimate of drug-likeness (QED) is 0.512. The van der Waals surface area contributed by atoms with Crippen LogP contribution in [-0.4, -0.2) is 30.1 Å². The van der Waals surface area contributed by atoms with E-state index < -0.39 is 27.5 Å². The van der Waals surface area contributed by atoms with Gasteiger partial charge in [-0.3, -0.25) is 9.36 Å². The van der Waals surface area contributed by atoms with Crippen LogP contribution in [0.4, 0.5) is 13.2 Å². The second-order valence-electron chi connectivity index (χ2n) is 6.36. The average Bonchev–Trinajstić information content (AvgIpc) is 2.70. The molecule has 1 heterocycles. The maximum atomic E-state index is 12.9. The van der Waals surface area contributed by atoms with Crippen LogP contribution in [0.2, 0.25) is 0 Å². The zero-order chi connectivity index (χ0) is 23.0. The Morgan fingerprint density at radius 3 is 2.58 bits per heavy atom. The molecule has 0 saturated carbocycles. The van der Waals surface area contributed by atoms with Crippen LogP contribution in [0.5, 0.6) is 5.75 Å². The van der Waals surface area contributed by atoms with Gasteiger partial charge in [0.2, 0.25) is 0 Å². The van der Waals surface area contributed by atoms with E-state index in [0.29, 0.717) is 0 Å². The molecule has 2 aromatic carbocycles. The number of sulfone groups is 1. The second-order valence-corrected chi connectivity index (χ2v) is 9.46. The molecule has 7 nitrogen and oxygen atoms in total. The van der Waals surface area contributed by atoms with Crippen LogP contribution in [0, 0.1) is 11.3 Å². The number of ether oxygens (including phenoxy) is 1. The monoisotopic (exact) mass is 515 g/mol. The minimum Gasteiger partial charge on any atom is -0.405 e. The van der Waals surface area contributed by atoms with Crippen LogP contribution < -0.4 is 10.3 Å². The Morgan fingerprint density at radius 2 is 1.97 bits per heavy atom. The van der Waals surface area contributed by atoms with Crippen molar-refractivity contribution in [2.45, 2.75) is 24.7 Å². The van der Waals surface area contributed by atoms with Crippen LogP contribution >= 0.6 is 15.9 Å².